The molecule has 1 aliphatic heterocycles. The van der Waals surface area contributed by atoms with E-state index in [9.17, 15) is 4.79 Å². The number of likely N-dealkylation sites (tertiary alicyclic amines) is 1. The van der Waals surface area contributed by atoms with E-state index in [1.54, 1.807) is 0 Å². The maximum atomic E-state index is 11.7. The highest BCUT2D eigenvalue weighted by molar-refractivity contribution is 5.82. The molecule has 1 rings (SSSR count). The average molecular weight is 198 g/mol. The second-order valence-corrected chi connectivity index (χ2v) is 4.76. The normalized spacial score (nSPS) is 25.6. The van der Waals surface area contributed by atoms with Gasteiger partial charge in [-0.2, -0.15) is 0 Å². The van der Waals surface area contributed by atoms with E-state index in [2.05, 4.69) is 20.8 Å². The van der Waals surface area contributed by atoms with Crippen LogP contribution in [0.1, 0.15) is 40.0 Å². The van der Waals surface area contributed by atoms with Gasteiger partial charge < -0.3 is 10.6 Å². The lowest BCUT2D eigenvalue weighted by Gasteiger charge is -2.36. The van der Waals surface area contributed by atoms with Crippen LogP contribution in [0.2, 0.25) is 0 Å². The second kappa shape index (κ2) is 4.78. The molecule has 2 atom stereocenters. The molecule has 0 saturated carbocycles. The molecule has 1 saturated heterocycles. The van der Waals surface area contributed by atoms with Crippen LogP contribution in [0, 0.1) is 5.92 Å². The molecular formula is C11H22N2O. The maximum absolute atomic E-state index is 11.7. The quantitative estimate of drug-likeness (QED) is 0.744. The van der Waals surface area contributed by atoms with Crippen LogP contribution in [0.15, 0.2) is 0 Å². The summed E-state index contributed by atoms with van der Waals surface area (Å²) in [4.78, 5) is 13.7. The number of nitrogens with two attached hydrogens (primary N) is 1. The van der Waals surface area contributed by atoms with Crippen LogP contribution in [0.5, 0.6) is 0 Å². The number of nitrogens with zero attached hydrogens (tertiary/aromatic N) is 1. The van der Waals surface area contributed by atoms with E-state index in [1.165, 1.54) is 0 Å². The zero-order chi connectivity index (χ0) is 10.7. The molecular weight excluding hydrogens is 176 g/mol. The molecule has 0 radical (unpaired) electrons. The van der Waals surface area contributed by atoms with E-state index in [1.807, 2.05) is 4.90 Å². The van der Waals surface area contributed by atoms with Crippen LogP contribution in [0.25, 0.3) is 0 Å². The molecule has 3 heteroatoms. The molecule has 2 unspecified atom stereocenters. The van der Waals surface area contributed by atoms with Crippen molar-refractivity contribution in [3.05, 3.63) is 0 Å². The standard InChI is InChI=1S/C11H22N2O/c1-8(2)7-9(3)13-6-4-5-10(12)11(13)14/h8-10H,4-7,12H2,1-3H3. The van der Waals surface area contributed by atoms with Crippen molar-refractivity contribution < 1.29 is 4.79 Å². The smallest absolute Gasteiger partial charge is 0.239 e. The zero-order valence-corrected chi connectivity index (χ0v) is 9.49. The largest absolute Gasteiger partial charge is 0.339 e. The predicted molar refractivity (Wildman–Crippen MR) is 57.8 cm³/mol. The number of carbonyl (C=O) groups excluding carboxylic acids is 1. The number of amides is 1. The first-order chi connectivity index (χ1) is 6.52. The van der Waals surface area contributed by atoms with Crippen LogP contribution in [0.4, 0.5) is 0 Å². The van der Waals surface area contributed by atoms with Crippen LogP contribution in [-0.4, -0.2) is 29.4 Å². The van der Waals surface area contributed by atoms with Gasteiger partial charge in [-0.15, -0.1) is 0 Å². The molecule has 0 bridgehead atoms. The van der Waals surface area contributed by atoms with Gasteiger partial charge in [-0.25, -0.2) is 0 Å². The van der Waals surface area contributed by atoms with E-state index >= 15 is 0 Å². The van der Waals surface area contributed by atoms with Crippen LogP contribution in [0.3, 0.4) is 0 Å². The third kappa shape index (κ3) is 2.71. The third-order valence-electron chi connectivity index (χ3n) is 2.86. The van der Waals surface area contributed by atoms with Gasteiger partial charge in [0.25, 0.3) is 0 Å². The van der Waals surface area contributed by atoms with Gasteiger partial charge in [-0.3, -0.25) is 4.79 Å². The number of hydrogen-bond donors (Lipinski definition) is 1. The van der Waals surface area contributed by atoms with Gasteiger partial charge in [0.05, 0.1) is 6.04 Å². The minimum atomic E-state index is -0.252. The summed E-state index contributed by atoms with van der Waals surface area (Å²) >= 11 is 0. The van der Waals surface area contributed by atoms with Crippen molar-refractivity contribution in [1.82, 2.24) is 4.90 Å². The molecule has 3 nitrogen and oxygen atoms in total. The van der Waals surface area contributed by atoms with Crippen molar-refractivity contribution in [2.45, 2.75) is 52.1 Å². The molecule has 2 N–H and O–H groups in total. The maximum Gasteiger partial charge on any atom is 0.239 e. The summed E-state index contributed by atoms with van der Waals surface area (Å²) in [5.41, 5.74) is 5.75. The molecule has 0 aromatic heterocycles. The Kier molecular flexibility index (Phi) is 3.93. The lowest BCUT2D eigenvalue weighted by molar-refractivity contribution is -0.137. The fourth-order valence-corrected chi connectivity index (χ4v) is 2.18. The Balaban J connectivity index is 2.53. The summed E-state index contributed by atoms with van der Waals surface area (Å²) < 4.78 is 0. The molecule has 1 aliphatic rings. The predicted octanol–water partition coefficient (Wildman–Crippen LogP) is 1.37. The molecule has 82 valence electrons. The molecule has 1 fully saturated rings. The Morgan fingerprint density at radius 2 is 2.14 bits per heavy atom. The Morgan fingerprint density at radius 3 is 2.71 bits per heavy atom. The number of piperidine rings is 1. The van der Waals surface area contributed by atoms with Gasteiger partial charge >= 0.3 is 0 Å². The Labute approximate surface area is 86.6 Å². The lowest BCUT2D eigenvalue weighted by Crippen LogP contribution is -2.51. The third-order valence-corrected chi connectivity index (χ3v) is 2.86. The Bertz CT molecular complexity index is 203. The van der Waals surface area contributed by atoms with Gasteiger partial charge in [-0.05, 0) is 32.1 Å². The number of carbonyl (C=O) groups is 1. The lowest BCUT2D eigenvalue weighted by atomic mass is 9.99. The summed E-state index contributed by atoms with van der Waals surface area (Å²) in [7, 11) is 0. The van der Waals surface area contributed by atoms with Crippen LogP contribution >= 0.6 is 0 Å². The van der Waals surface area contributed by atoms with Crippen molar-refractivity contribution in [3.8, 4) is 0 Å². The van der Waals surface area contributed by atoms with Crippen molar-refractivity contribution in [2.75, 3.05) is 6.54 Å². The van der Waals surface area contributed by atoms with Crippen molar-refractivity contribution in [3.63, 3.8) is 0 Å². The van der Waals surface area contributed by atoms with Crippen molar-refractivity contribution in [1.29, 1.82) is 0 Å². The van der Waals surface area contributed by atoms with E-state index < -0.39 is 0 Å². The van der Waals surface area contributed by atoms with Gasteiger partial charge in [0, 0.05) is 12.6 Å². The fourth-order valence-electron chi connectivity index (χ4n) is 2.18. The van der Waals surface area contributed by atoms with Crippen LogP contribution < -0.4 is 5.73 Å². The highest BCUT2D eigenvalue weighted by Crippen LogP contribution is 2.17. The Morgan fingerprint density at radius 1 is 1.50 bits per heavy atom. The summed E-state index contributed by atoms with van der Waals surface area (Å²) in [6.45, 7) is 7.38. The number of hydrogen-bond acceptors (Lipinski definition) is 2. The summed E-state index contributed by atoms with van der Waals surface area (Å²) in [6.07, 6.45) is 2.97. The summed E-state index contributed by atoms with van der Waals surface area (Å²) in [5, 5.41) is 0. The first-order valence-corrected chi connectivity index (χ1v) is 5.58. The van der Waals surface area contributed by atoms with E-state index in [4.69, 9.17) is 5.73 Å². The highest BCUT2D eigenvalue weighted by Gasteiger charge is 2.28. The monoisotopic (exact) mass is 198 g/mol. The van der Waals surface area contributed by atoms with Gasteiger partial charge in [-0.1, -0.05) is 13.8 Å². The molecule has 14 heavy (non-hydrogen) atoms. The van der Waals surface area contributed by atoms with E-state index in [0.29, 0.717) is 12.0 Å². The Hall–Kier alpha value is -0.570. The minimum absolute atomic E-state index is 0.143. The molecule has 0 aliphatic carbocycles. The summed E-state index contributed by atoms with van der Waals surface area (Å²) in [6, 6.07) is 0.0900. The number of rotatable bonds is 3. The van der Waals surface area contributed by atoms with E-state index in [-0.39, 0.29) is 11.9 Å². The second-order valence-electron chi connectivity index (χ2n) is 4.76. The SMILES string of the molecule is CC(C)CC(C)N1CCCC(N)C1=O. The van der Waals surface area contributed by atoms with Gasteiger partial charge in [0.1, 0.15) is 0 Å². The molecule has 0 aromatic rings. The highest BCUT2D eigenvalue weighted by atomic mass is 16.2. The molecule has 1 amide bonds. The zero-order valence-electron chi connectivity index (χ0n) is 9.49. The first kappa shape index (κ1) is 11.5. The minimum Gasteiger partial charge on any atom is -0.339 e. The van der Waals surface area contributed by atoms with Gasteiger partial charge in [0.2, 0.25) is 5.91 Å². The molecule has 0 spiro atoms. The molecule has 0 aromatic carbocycles. The van der Waals surface area contributed by atoms with Crippen molar-refractivity contribution in [2.24, 2.45) is 11.7 Å². The average Bonchev–Trinajstić information content (AvgIpc) is 2.08. The fraction of sp³-hybridized carbons (Fsp3) is 0.909. The topological polar surface area (TPSA) is 46.3 Å². The molecule has 1 heterocycles. The van der Waals surface area contributed by atoms with Crippen LogP contribution in [-0.2, 0) is 4.79 Å². The van der Waals surface area contributed by atoms with Crippen molar-refractivity contribution >= 4 is 5.91 Å². The van der Waals surface area contributed by atoms with Gasteiger partial charge in [0.15, 0.2) is 0 Å². The van der Waals surface area contributed by atoms with E-state index in [0.717, 1.165) is 25.8 Å². The first-order valence-electron chi connectivity index (χ1n) is 5.58. The summed E-state index contributed by atoms with van der Waals surface area (Å²) in [5.74, 6) is 0.778.